The van der Waals surface area contributed by atoms with E-state index in [-0.39, 0.29) is 53.5 Å². The van der Waals surface area contributed by atoms with Gasteiger partial charge in [0.1, 0.15) is 23.9 Å². The number of amides is 5. The molecule has 1 aliphatic heterocycles. The molecule has 0 radical (unpaired) electrons. The minimum atomic E-state index is -3.85. The molecule has 4 rings (SSSR count). The third kappa shape index (κ3) is 10.9. The molecule has 1 saturated carbocycles. The molecule has 1 heterocycles. The zero-order valence-corrected chi connectivity index (χ0v) is 34.8. The number of carbonyl (C=O) groups excluding carboxylic acids is 4. The quantitative estimate of drug-likeness (QED) is 0.146. The van der Waals surface area contributed by atoms with Crippen molar-refractivity contribution in [3.8, 4) is 0 Å². The number of rotatable bonds is 17. The lowest BCUT2D eigenvalue weighted by Crippen LogP contribution is -2.62. The average molecular weight is 817 g/mol. The standard InChI is InChI=1S/C41H58F2N6O7S/c1-24(2)31(23-48(9)57(55,56)28-13-11-10-12-14-28)46-39(54)47-35(40(4,5)6)38(53)49-22-29-33(41(29,7)8)34(49)37(52)45-30(21-32(42)43)36(51)44-20-19-26-15-17-27(18-16-26)25(3)50/h10-18,24,29-35,50H,3,19-23H2,1-2,4-9H3,(H,44,51)(H,45,52)(H2,46,47,54)/t29?,30-,31+,33?,34-,35+/m0/s1. The first-order valence-corrected chi connectivity index (χ1v) is 20.6. The summed E-state index contributed by atoms with van der Waals surface area (Å²) in [5, 5.41) is 20.3. The highest BCUT2D eigenvalue weighted by Gasteiger charge is 2.70. The Hall–Kier alpha value is -4.57. The van der Waals surface area contributed by atoms with E-state index in [0.717, 1.165) is 9.87 Å². The van der Waals surface area contributed by atoms with Gasteiger partial charge < -0.3 is 31.3 Å². The lowest BCUT2D eigenvalue weighted by molar-refractivity contribution is -0.144. The van der Waals surface area contributed by atoms with Gasteiger partial charge in [0.2, 0.25) is 34.2 Å². The van der Waals surface area contributed by atoms with Crippen molar-refractivity contribution in [2.75, 3.05) is 26.7 Å². The number of halogens is 2. The lowest BCUT2D eigenvalue weighted by atomic mass is 9.85. The van der Waals surface area contributed by atoms with Crippen LogP contribution in [0.25, 0.3) is 5.76 Å². The maximum atomic E-state index is 14.4. The average Bonchev–Trinajstić information content (AvgIpc) is 3.42. The minimum Gasteiger partial charge on any atom is -0.508 e. The molecule has 0 aromatic heterocycles. The molecule has 2 aromatic rings. The van der Waals surface area contributed by atoms with E-state index >= 15 is 0 Å². The largest absolute Gasteiger partial charge is 0.508 e. The summed E-state index contributed by atoms with van der Waals surface area (Å²) in [6.45, 7) is 16.6. The molecule has 2 unspecified atom stereocenters. The van der Waals surface area contributed by atoms with E-state index in [4.69, 9.17) is 0 Å². The molecule has 0 bridgehead atoms. The maximum Gasteiger partial charge on any atom is 0.315 e. The van der Waals surface area contributed by atoms with Crippen LogP contribution in [0.2, 0.25) is 0 Å². The first kappa shape index (κ1) is 45.1. The number of alkyl halides is 2. The normalized spacial score (nSPS) is 20.4. The summed E-state index contributed by atoms with van der Waals surface area (Å²) in [6.07, 6.45) is -3.49. The highest BCUT2D eigenvalue weighted by molar-refractivity contribution is 7.89. The van der Waals surface area contributed by atoms with Crippen LogP contribution in [-0.2, 0) is 30.8 Å². The van der Waals surface area contributed by atoms with Crippen molar-refractivity contribution in [2.24, 2.45) is 28.6 Å². The summed E-state index contributed by atoms with van der Waals surface area (Å²) in [5.41, 5.74) is 0.155. The Labute approximate surface area is 335 Å². The van der Waals surface area contributed by atoms with Gasteiger partial charge in [-0.1, -0.05) is 97.5 Å². The highest BCUT2D eigenvalue weighted by atomic mass is 32.2. The molecule has 57 heavy (non-hydrogen) atoms. The van der Waals surface area contributed by atoms with Crippen molar-refractivity contribution in [3.63, 3.8) is 0 Å². The topological polar surface area (TPSA) is 177 Å². The van der Waals surface area contributed by atoms with E-state index in [9.17, 15) is 41.5 Å². The van der Waals surface area contributed by atoms with Gasteiger partial charge in [0.05, 0.1) is 4.90 Å². The molecule has 5 N–H and O–H groups in total. The van der Waals surface area contributed by atoms with E-state index in [1.807, 2.05) is 27.7 Å². The predicted molar refractivity (Wildman–Crippen MR) is 213 cm³/mol. The van der Waals surface area contributed by atoms with Gasteiger partial charge in [0.25, 0.3) is 0 Å². The summed E-state index contributed by atoms with van der Waals surface area (Å²) in [4.78, 5) is 56.8. The smallest absolute Gasteiger partial charge is 0.315 e. The van der Waals surface area contributed by atoms with Crippen LogP contribution in [0.15, 0.2) is 66.1 Å². The number of nitrogens with one attached hydrogen (secondary N) is 4. The number of hydrogen-bond acceptors (Lipinski definition) is 7. The zero-order chi connectivity index (χ0) is 42.6. The molecular weight excluding hydrogens is 759 g/mol. The second-order valence-corrected chi connectivity index (χ2v) is 19.2. The first-order chi connectivity index (χ1) is 26.5. The van der Waals surface area contributed by atoms with E-state index < -0.39 is 76.2 Å². The summed E-state index contributed by atoms with van der Waals surface area (Å²) in [5.74, 6) is -2.74. The number of aliphatic hydroxyl groups excluding tert-OH is 1. The second kappa shape index (κ2) is 17.9. The molecule has 16 heteroatoms. The molecule has 1 aliphatic carbocycles. The highest BCUT2D eigenvalue weighted by Crippen LogP contribution is 2.65. The molecule has 13 nitrogen and oxygen atoms in total. The third-order valence-corrected chi connectivity index (χ3v) is 13.1. The third-order valence-electron chi connectivity index (χ3n) is 11.2. The Morgan fingerprint density at radius 3 is 2.16 bits per heavy atom. The van der Waals surface area contributed by atoms with Crippen molar-refractivity contribution in [2.45, 2.75) is 96.8 Å². The van der Waals surface area contributed by atoms with Crippen molar-refractivity contribution in [3.05, 3.63) is 72.3 Å². The van der Waals surface area contributed by atoms with Crippen molar-refractivity contribution >= 4 is 39.5 Å². The molecule has 0 spiro atoms. The molecular formula is C41H58F2N6O7S. The fourth-order valence-corrected chi connectivity index (χ4v) is 8.74. The monoisotopic (exact) mass is 816 g/mol. The van der Waals surface area contributed by atoms with Crippen LogP contribution in [0, 0.1) is 28.6 Å². The van der Waals surface area contributed by atoms with Gasteiger partial charge in [-0.15, -0.1) is 0 Å². The van der Waals surface area contributed by atoms with E-state index in [2.05, 4.69) is 27.8 Å². The van der Waals surface area contributed by atoms with E-state index in [1.54, 1.807) is 63.2 Å². The molecule has 5 amide bonds. The van der Waals surface area contributed by atoms with Gasteiger partial charge in [0, 0.05) is 44.7 Å². The van der Waals surface area contributed by atoms with Gasteiger partial charge in [0.15, 0.2) is 0 Å². The Bertz CT molecular complexity index is 1890. The number of likely N-dealkylation sites (N-methyl/N-ethyl adjacent to an activating group) is 1. The number of urea groups is 1. The van der Waals surface area contributed by atoms with Crippen LogP contribution < -0.4 is 21.3 Å². The van der Waals surface area contributed by atoms with Crippen LogP contribution >= 0.6 is 0 Å². The fraction of sp³-hybridized carbons (Fsp3) is 0.561. The van der Waals surface area contributed by atoms with Crippen LogP contribution in [0.1, 0.15) is 66.0 Å². The van der Waals surface area contributed by atoms with Crippen molar-refractivity contribution in [1.29, 1.82) is 0 Å². The number of nitrogens with zero attached hydrogens (tertiary/aromatic N) is 2. The van der Waals surface area contributed by atoms with E-state index in [1.165, 1.54) is 24.1 Å². The van der Waals surface area contributed by atoms with Crippen LogP contribution in [0.4, 0.5) is 13.6 Å². The van der Waals surface area contributed by atoms with Crippen LogP contribution in [-0.4, -0.2) is 104 Å². The Morgan fingerprint density at radius 1 is 1.00 bits per heavy atom. The number of carbonyl (C=O) groups is 4. The lowest BCUT2D eigenvalue weighted by Gasteiger charge is -2.38. The number of hydrogen-bond donors (Lipinski definition) is 5. The summed E-state index contributed by atoms with van der Waals surface area (Å²) < 4.78 is 55.1. The number of aliphatic hydroxyl groups is 1. The van der Waals surface area contributed by atoms with Gasteiger partial charge in [-0.2, -0.15) is 4.31 Å². The molecule has 1 saturated heterocycles. The predicted octanol–water partition coefficient (Wildman–Crippen LogP) is 4.56. The van der Waals surface area contributed by atoms with Crippen molar-refractivity contribution in [1.82, 2.24) is 30.5 Å². The zero-order valence-electron chi connectivity index (χ0n) is 34.0. The maximum absolute atomic E-state index is 14.4. The Morgan fingerprint density at radius 2 is 1.61 bits per heavy atom. The molecule has 2 fully saturated rings. The SMILES string of the molecule is C=C(O)c1ccc(CCNC(=O)[C@H](CC(F)F)NC(=O)[C@@H]2C3C(CN2C(=O)[C@@H](NC(=O)N[C@H](CN(C)S(=O)(=O)c2ccccc2)C(C)C)C(C)(C)C)C3(C)C)cc1. The molecule has 2 aromatic carbocycles. The molecule has 2 aliphatic rings. The summed E-state index contributed by atoms with van der Waals surface area (Å²) >= 11 is 0. The van der Waals surface area contributed by atoms with E-state index in [0.29, 0.717) is 12.0 Å². The van der Waals surface area contributed by atoms with Gasteiger partial charge in [-0.3, -0.25) is 14.4 Å². The Balaban J connectivity index is 1.47. The number of fused-ring (bicyclic) bond motifs is 1. The van der Waals surface area contributed by atoms with Gasteiger partial charge >= 0.3 is 6.03 Å². The number of sulfonamides is 1. The molecule has 6 atom stereocenters. The Kier molecular flexibility index (Phi) is 14.2. The summed E-state index contributed by atoms with van der Waals surface area (Å²) in [7, 11) is -2.43. The fourth-order valence-electron chi connectivity index (χ4n) is 7.52. The van der Waals surface area contributed by atoms with Gasteiger partial charge in [-0.25, -0.2) is 22.0 Å². The summed E-state index contributed by atoms with van der Waals surface area (Å²) in [6, 6.07) is 9.58. The number of likely N-dealkylation sites (tertiary alicyclic amines) is 1. The van der Waals surface area contributed by atoms with Crippen molar-refractivity contribution < 1.29 is 41.5 Å². The van der Waals surface area contributed by atoms with Crippen LogP contribution in [0.3, 0.4) is 0 Å². The number of piperidine rings is 1. The van der Waals surface area contributed by atoms with Crippen LogP contribution in [0.5, 0.6) is 0 Å². The van der Waals surface area contributed by atoms with Gasteiger partial charge in [-0.05, 0) is 52.7 Å². The number of benzene rings is 2. The molecule has 314 valence electrons. The second-order valence-electron chi connectivity index (χ2n) is 17.1. The minimum absolute atomic E-state index is 0.0508. The first-order valence-electron chi connectivity index (χ1n) is 19.2.